The zero-order valence-corrected chi connectivity index (χ0v) is 17.9. The summed E-state index contributed by atoms with van der Waals surface area (Å²) in [5.41, 5.74) is -2.87. The lowest BCUT2D eigenvalue weighted by atomic mass is 9.93. The van der Waals surface area contributed by atoms with Crippen molar-refractivity contribution in [1.29, 1.82) is 0 Å². The van der Waals surface area contributed by atoms with Crippen LogP contribution in [0.25, 0.3) is 0 Å². The van der Waals surface area contributed by atoms with Crippen LogP contribution in [0.15, 0.2) is 53.4 Å². The number of hydrogen-bond donors (Lipinski definition) is 1. The molecule has 0 radical (unpaired) electrons. The number of nitro benzene ring substituents is 1. The molecule has 2 aromatic carbocycles. The van der Waals surface area contributed by atoms with E-state index in [0.717, 1.165) is 22.5 Å². The molecule has 1 aliphatic rings. The van der Waals surface area contributed by atoms with Gasteiger partial charge in [-0.25, -0.2) is 8.42 Å². The molecule has 1 heterocycles. The predicted octanol–water partition coefficient (Wildman–Crippen LogP) is 2.83. The van der Waals surface area contributed by atoms with Crippen LogP contribution >= 0.6 is 0 Å². The first-order valence-electron chi connectivity index (χ1n) is 9.68. The minimum atomic E-state index is -4.54. The molecule has 12 heteroatoms. The summed E-state index contributed by atoms with van der Waals surface area (Å²) in [4.78, 5) is 11.8. The van der Waals surface area contributed by atoms with Crippen molar-refractivity contribution in [3.8, 4) is 0 Å². The van der Waals surface area contributed by atoms with E-state index in [-0.39, 0.29) is 38.3 Å². The van der Waals surface area contributed by atoms with Crippen LogP contribution in [0.2, 0.25) is 0 Å². The molecule has 0 aromatic heterocycles. The molecule has 1 aliphatic heterocycles. The monoisotopic (exact) mass is 473 g/mol. The minimum Gasteiger partial charge on any atom is -0.384 e. The lowest BCUT2D eigenvalue weighted by Gasteiger charge is -2.38. The second-order valence-corrected chi connectivity index (χ2v) is 9.66. The number of nitrogens with zero attached hydrogens (tertiary/aromatic N) is 3. The van der Waals surface area contributed by atoms with Crippen LogP contribution in [0, 0.1) is 10.1 Å². The van der Waals surface area contributed by atoms with E-state index in [0.29, 0.717) is 0 Å². The Balaban J connectivity index is 1.71. The number of sulfonamides is 1. The number of β-amino-alcohol motifs (C(OH)–C–C–N with tert-alkyl or cyclic N) is 1. The van der Waals surface area contributed by atoms with Gasteiger partial charge in [-0.05, 0) is 30.7 Å². The summed E-state index contributed by atoms with van der Waals surface area (Å²) in [5.74, 6) is 0. The highest BCUT2D eigenvalue weighted by Gasteiger charge is 2.36. The third-order valence-corrected chi connectivity index (χ3v) is 7.30. The zero-order chi connectivity index (χ0) is 23.7. The summed E-state index contributed by atoms with van der Waals surface area (Å²) in [6.07, 6.45) is -4.54. The molecule has 0 amide bonds. The zero-order valence-electron chi connectivity index (χ0n) is 17.1. The van der Waals surface area contributed by atoms with Crippen molar-refractivity contribution >= 4 is 15.7 Å². The first-order chi connectivity index (χ1) is 14.8. The van der Waals surface area contributed by atoms with Gasteiger partial charge in [-0.3, -0.25) is 15.0 Å². The Labute approximate surface area is 183 Å². The second kappa shape index (κ2) is 8.77. The van der Waals surface area contributed by atoms with Gasteiger partial charge in [0.2, 0.25) is 10.0 Å². The van der Waals surface area contributed by atoms with E-state index in [9.17, 15) is 36.8 Å². The van der Waals surface area contributed by atoms with E-state index in [1.54, 1.807) is 4.90 Å². The van der Waals surface area contributed by atoms with E-state index >= 15 is 0 Å². The molecule has 0 aliphatic carbocycles. The average Bonchev–Trinajstić information content (AvgIpc) is 2.73. The summed E-state index contributed by atoms with van der Waals surface area (Å²) in [5, 5.41) is 22.0. The first kappa shape index (κ1) is 24.1. The Morgan fingerprint density at radius 1 is 1.03 bits per heavy atom. The maximum Gasteiger partial charge on any atom is 0.416 e. The Bertz CT molecular complexity index is 1100. The predicted molar refractivity (Wildman–Crippen MR) is 109 cm³/mol. The number of para-hydroxylation sites is 1. The highest BCUT2D eigenvalue weighted by atomic mass is 32.2. The molecule has 0 bridgehead atoms. The van der Waals surface area contributed by atoms with Crippen LogP contribution in [0.4, 0.5) is 18.9 Å². The maximum atomic E-state index is 13.0. The molecule has 2 aromatic rings. The Morgan fingerprint density at radius 2 is 1.62 bits per heavy atom. The molecule has 0 saturated carbocycles. The van der Waals surface area contributed by atoms with Crippen molar-refractivity contribution in [2.45, 2.75) is 23.6 Å². The van der Waals surface area contributed by atoms with Crippen LogP contribution in [0.3, 0.4) is 0 Å². The third-order valence-electron chi connectivity index (χ3n) is 5.35. The van der Waals surface area contributed by atoms with Gasteiger partial charge < -0.3 is 5.11 Å². The molecule has 3 rings (SSSR count). The third kappa shape index (κ3) is 5.09. The minimum absolute atomic E-state index is 0.00627. The van der Waals surface area contributed by atoms with Crippen molar-refractivity contribution in [3.63, 3.8) is 0 Å². The summed E-state index contributed by atoms with van der Waals surface area (Å²) in [6, 6.07) is 9.54. The SMILES string of the molecule is C[C@@](O)(CN1CCN(S(=O)(=O)c2ccccc2[N+](=O)[O-])CC1)c1cccc(C(F)(F)F)c1. The Kier molecular flexibility index (Phi) is 6.61. The molecule has 1 fully saturated rings. The Morgan fingerprint density at radius 3 is 2.22 bits per heavy atom. The second-order valence-electron chi connectivity index (χ2n) is 7.76. The number of rotatable bonds is 6. The van der Waals surface area contributed by atoms with Gasteiger partial charge in [0.25, 0.3) is 5.69 Å². The number of piperazine rings is 1. The van der Waals surface area contributed by atoms with E-state index < -0.39 is 42.9 Å². The lowest BCUT2D eigenvalue weighted by Crippen LogP contribution is -2.51. The van der Waals surface area contributed by atoms with Crippen LogP contribution in [0.1, 0.15) is 18.1 Å². The van der Waals surface area contributed by atoms with Crippen molar-refractivity contribution in [1.82, 2.24) is 9.21 Å². The van der Waals surface area contributed by atoms with Crippen molar-refractivity contribution in [2.75, 3.05) is 32.7 Å². The van der Waals surface area contributed by atoms with Gasteiger partial charge >= 0.3 is 6.18 Å². The number of hydrogen-bond acceptors (Lipinski definition) is 6. The topological polar surface area (TPSA) is 104 Å². The largest absolute Gasteiger partial charge is 0.416 e. The van der Waals surface area contributed by atoms with Gasteiger partial charge in [0.15, 0.2) is 4.90 Å². The van der Waals surface area contributed by atoms with Gasteiger partial charge in [0.1, 0.15) is 0 Å². The van der Waals surface area contributed by atoms with E-state index in [1.807, 2.05) is 0 Å². The molecule has 1 saturated heterocycles. The van der Waals surface area contributed by atoms with Crippen LogP contribution in [0.5, 0.6) is 0 Å². The lowest BCUT2D eigenvalue weighted by molar-refractivity contribution is -0.387. The molecular weight excluding hydrogens is 451 g/mol. The summed E-state index contributed by atoms with van der Waals surface area (Å²) >= 11 is 0. The molecule has 174 valence electrons. The molecule has 1 atom stereocenters. The van der Waals surface area contributed by atoms with Crippen LogP contribution in [-0.2, 0) is 21.8 Å². The fraction of sp³-hybridized carbons (Fsp3) is 0.400. The fourth-order valence-electron chi connectivity index (χ4n) is 3.65. The molecular formula is C20H22F3N3O5S. The molecule has 1 N–H and O–H groups in total. The molecule has 0 spiro atoms. The van der Waals surface area contributed by atoms with Gasteiger partial charge in [0.05, 0.1) is 16.1 Å². The smallest absolute Gasteiger partial charge is 0.384 e. The van der Waals surface area contributed by atoms with E-state index in [1.165, 1.54) is 37.3 Å². The van der Waals surface area contributed by atoms with Crippen LogP contribution in [-0.4, -0.2) is 60.4 Å². The standard InChI is InChI=1S/C20H22F3N3O5S/c1-19(27,15-5-4-6-16(13-15)20(21,22)23)14-24-9-11-25(12-10-24)32(30,31)18-8-3-2-7-17(18)26(28)29/h2-8,13,27H,9-12,14H2,1H3/t19-/m1/s1. The summed E-state index contributed by atoms with van der Waals surface area (Å²) in [6.45, 7) is 1.84. The van der Waals surface area contributed by atoms with Gasteiger partial charge in [0, 0.05) is 38.8 Å². The quantitative estimate of drug-likeness (QED) is 0.511. The van der Waals surface area contributed by atoms with Crippen molar-refractivity contribution in [2.24, 2.45) is 0 Å². The Hall–Kier alpha value is -2.54. The summed E-state index contributed by atoms with van der Waals surface area (Å²) in [7, 11) is -4.10. The van der Waals surface area contributed by atoms with Crippen molar-refractivity contribution < 1.29 is 31.6 Å². The normalized spacial score (nSPS) is 18.3. The van der Waals surface area contributed by atoms with Gasteiger partial charge in [-0.2, -0.15) is 17.5 Å². The number of aliphatic hydroxyl groups is 1. The molecule has 32 heavy (non-hydrogen) atoms. The number of alkyl halides is 3. The van der Waals surface area contributed by atoms with E-state index in [4.69, 9.17) is 0 Å². The molecule has 8 nitrogen and oxygen atoms in total. The number of nitro groups is 1. The maximum absolute atomic E-state index is 13.0. The van der Waals surface area contributed by atoms with E-state index in [2.05, 4.69) is 0 Å². The highest BCUT2D eigenvalue weighted by Crippen LogP contribution is 2.33. The van der Waals surface area contributed by atoms with Gasteiger partial charge in [-0.1, -0.05) is 24.3 Å². The highest BCUT2D eigenvalue weighted by molar-refractivity contribution is 7.89. The first-order valence-corrected chi connectivity index (χ1v) is 11.1. The number of benzene rings is 2. The average molecular weight is 473 g/mol. The van der Waals surface area contributed by atoms with Crippen molar-refractivity contribution in [3.05, 3.63) is 69.8 Å². The molecule has 0 unspecified atom stereocenters. The number of halogens is 3. The van der Waals surface area contributed by atoms with Gasteiger partial charge in [-0.15, -0.1) is 0 Å². The summed E-state index contributed by atoms with van der Waals surface area (Å²) < 4.78 is 65.9. The fourth-order valence-corrected chi connectivity index (χ4v) is 5.23. The van der Waals surface area contributed by atoms with Crippen LogP contribution < -0.4 is 0 Å².